The summed E-state index contributed by atoms with van der Waals surface area (Å²) >= 11 is 0. The van der Waals surface area contributed by atoms with E-state index >= 15 is 0 Å². The van der Waals surface area contributed by atoms with Crippen LogP contribution in [0.5, 0.6) is 0 Å². The average Bonchev–Trinajstić information content (AvgIpc) is 3.01. The highest BCUT2D eigenvalue weighted by molar-refractivity contribution is 5.98. The van der Waals surface area contributed by atoms with Crippen LogP contribution in [-0.4, -0.2) is 64.0 Å². The highest BCUT2D eigenvalue weighted by Crippen LogP contribution is 2.22. The first kappa shape index (κ1) is 13.8. The molecule has 2 saturated heterocycles. The summed E-state index contributed by atoms with van der Waals surface area (Å²) in [6.45, 7) is 3.62. The number of amidine groups is 1. The van der Waals surface area contributed by atoms with E-state index in [1.807, 2.05) is 4.90 Å². The number of oxime groups is 1. The summed E-state index contributed by atoms with van der Waals surface area (Å²) < 4.78 is 0. The Kier molecular flexibility index (Phi) is 3.74. The van der Waals surface area contributed by atoms with E-state index in [1.54, 1.807) is 12.1 Å². The van der Waals surface area contributed by atoms with E-state index in [0.717, 1.165) is 26.2 Å². The van der Waals surface area contributed by atoms with Gasteiger partial charge in [-0.15, -0.1) is 0 Å². The van der Waals surface area contributed by atoms with Crippen molar-refractivity contribution in [2.45, 2.75) is 18.9 Å². The number of nitrogens with two attached hydrogens (primary N) is 1. The topological polar surface area (TPSA) is 95.0 Å². The molecule has 0 spiro atoms. The molecule has 1 aromatic heterocycles. The van der Waals surface area contributed by atoms with Crippen molar-refractivity contribution in [2.75, 3.05) is 26.2 Å². The Morgan fingerprint density at radius 3 is 2.95 bits per heavy atom. The lowest BCUT2D eigenvalue weighted by Crippen LogP contribution is -2.52. The van der Waals surface area contributed by atoms with Crippen molar-refractivity contribution < 1.29 is 10.0 Å². The standard InChI is InChI=1S/C14H19N5O2/c15-13(17-21)10-3-4-12(16-8-10)14(20)19-7-6-18-5-1-2-11(18)9-19/h3-4,8,11,21H,1-2,5-7,9H2,(H2,15,17). The lowest BCUT2D eigenvalue weighted by Gasteiger charge is -2.37. The van der Waals surface area contributed by atoms with Crippen LogP contribution in [0.1, 0.15) is 28.9 Å². The lowest BCUT2D eigenvalue weighted by molar-refractivity contribution is 0.0566. The van der Waals surface area contributed by atoms with Gasteiger partial charge in [0.1, 0.15) is 5.69 Å². The number of piperazine rings is 1. The molecule has 0 bridgehead atoms. The Bertz CT molecular complexity index is 557. The number of pyridine rings is 1. The normalized spacial score (nSPS) is 23.1. The molecule has 112 valence electrons. The minimum Gasteiger partial charge on any atom is -0.409 e. The van der Waals surface area contributed by atoms with Crippen LogP contribution in [0.25, 0.3) is 0 Å². The van der Waals surface area contributed by atoms with E-state index < -0.39 is 0 Å². The number of hydrogen-bond donors (Lipinski definition) is 2. The molecule has 0 saturated carbocycles. The molecule has 7 nitrogen and oxygen atoms in total. The number of carbonyl (C=O) groups is 1. The quantitative estimate of drug-likeness (QED) is 0.348. The van der Waals surface area contributed by atoms with Crippen LogP contribution < -0.4 is 5.73 Å². The van der Waals surface area contributed by atoms with Gasteiger partial charge in [0.2, 0.25) is 0 Å². The third-order valence-corrected chi connectivity index (χ3v) is 4.26. The fourth-order valence-corrected chi connectivity index (χ4v) is 3.07. The first-order chi connectivity index (χ1) is 10.2. The van der Waals surface area contributed by atoms with Gasteiger partial charge in [-0.2, -0.15) is 0 Å². The summed E-state index contributed by atoms with van der Waals surface area (Å²) in [4.78, 5) is 20.9. The molecule has 0 aliphatic carbocycles. The maximum Gasteiger partial charge on any atom is 0.272 e. The van der Waals surface area contributed by atoms with Gasteiger partial charge in [0.25, 0.3) is 5.91 Å². The first-order valence-electron chi connectivity index (χ1n) is 7.16. The van der Waals surface area contributed by atoms with Gasteiger partial charge in [0, 0.05) is 37.4 Å². The van der Waals surface area contributed by atoms with Crippen molar-refractivity contribution in [2.24, 2.45) is 10.9 Å². The number of carbonyl (C=O) groups excluding carboxylic acids is 1. The second kappa shape index (κ2) is 5.69. The number of aromatic nitrogens is 1. The summed E-state index contributed by atoms with van der Waals surface area (Å²) in [6, 6.07) is 3.76. The SMILES string of the molecule is N/C(=N/O)c1ccc(C(=O)N2CCN3CCCC3C2)nc1. The molecule has 1 aromatic rings. The van der Waals surface area contributed by atoms with Crippen molar-refractivity contribution in [3.63, 3.8) is 0 Å². The van der Waals surface area contributed by atoms with Gasteiger partial charge in [0.15, 0.2) is 5.84 Å². The third kappa shape index (κ3) is 2.69. The summed E-state index contributed by atoms with van der Waals surface area (Å²) in [5.74, 6) is -0.0614. The zero-order valence-corrected chi connectivity index (χ0v) is 11.8. The predicted octanol–water partition coefficient (Wildman–Crippen LogP) is 0.0963. The van der Waals surface area contributed by atoms with Crippen molar-refractivity contribution in [3.05, 3.63) is 29.6 Å². The van der Waals surface area contributed by atoms with Gasteiger partial charge in [-0.05, 0) is 31.5 Å². The molecule has 3 heterocycles. The summed E-state index contributed by atoms with van der Waals surface area (Å²) in [5, 5.41) is 11.5. The van der Waals surface area contributed by atoms with Crippen LogP contribution in [0, 0.1) is 0 Å². The van der Waals surface area contributed by atoms with Crippen LogP contribution in [0.3, 0.4) is 0 Å². The van der Waals surface area contributed by atoms with Crippen LogP contribution in [-0.2, 0) is 0 Å². The maximum absolute atomic E-state index is 12.5. The Balaban J connectivity index is 1.70. The Morgan fingerprint density at radius 1 is 1.38 bits per heavy atom. The van der Waals surface area contributed by atoms with Gasteiger partial charge >= 0.3 is 0 Å². The molecule has 21 heavy (non-hydrogen) atoms. The largest absolute Gasteiger partial charge is 0.409 e. The third-order valence-electron chi connectivity index (χ3n) is 4.26. The highest BCUT2D eigenvalue weighted by atomic mass is 16.4. The number of amides is 1. The molecule has 1 atom stereocenters. The van der Waals surface area contributed by atoms with Gasteiger partial charge < -0.3 is 15.8 Å². The lowest BCUT2D eigenvalue weighted by atomic mass is 10.1. The molecule has 0 radical (unpaired) electrons. The first-order valence-corrected chi connectivity index (χ1v) is 7.16. The number of hydrogen-bond acceptors (Lipinski definition) is 5. The fraction of sp³-hybridized carbons (Fsp3) is 0.500. The van der Waals surface area contributed by atoms with Crippen LogP contribution >= 0.6 is 0 Å². The van der Waals surface area contributed by atoms with Gasteiger partial charge in [-0.3, -0.25) is 14.7 Å². The molecule has 2 fully saturated rings. The number of nitrogens with zero attached hydrogens (tertiary/aromatic N) is 4. The molecule has 2 aliphatic heterocycles. The summed E-state index contributed by atoms with van der Waals surface area (Å²) in [5.41, 5.74) is 6.37. The maximum atomic E-state index is 12.5. The number of rotatable bonds is 2. The van der Waals surface area contributed by atoms with Crippen molar-refractivity contribution in [1.82, 2.24) is 14.8 Å². The van der Waals surface area contributed by atoms with Gasteiger partial charge in [-0.1, -0.05) is 5.16 Å². The fourth-order valence-electron chi connectivity index (χ4n) is 3.07. The van der Waals surface area contributed by atoms with Crippen LogP contribution in [0.2, 0.25) is 0 Å². The second-order valence-electron chi connectivity index (χ2n) is 5.50. The zero-order valence-electron chi connectivity index (χ0n) is 11.8. The van der Waals surface area contributed by atoms with Crippen LogP contribution in [0.15, 0.2) is 23.5 Å². The predicted molar refractivity (Wildman–Crippen MR) is 77.2 cm³/mol. The summed E-state index contributed by atoms with van der Waals surface area (Å²) in [7, 11) is 0. The molecule has 2 aliphatic rings. The Hall–Kier alpha value is -2.15. The van der Waals surface area contributed by atoms with Crippen molar-refractivity contribution >= 4 is 11.7 Å². The van der Waals surface area contributed by atoms with Crippen molar-refractivity contribution in [1.29, 1.82) is 0 Å². The minimum atomic E-state index is -0.0485. The van der Waals surface area contributed by atoms with E-state index in [2.05, 4.69) is 15.0 Å². The molecule has 3 N–H and O–H groups in total. The van der Waals surface area contributed by atoms with Crippen LogP contribution in [0.4, 0.5) is 0 Å². The molecule has 1 unspecified atom stereocenters. The van der Waals surface area contributed by atoms with E-state index in [0.29, 0.717) is 17.3 Å². The van der Waals surface area contributed by atoms with Gasteiger partial charge in [0.05, 0.1) is 0 Å². The minimum absolute atomic E-state index is 0.0129. The summed E-state index contributed by atoms with van der Waals surface area (Å²) in [6.07, 6.45) is 3.84. The van der Waals surface area contributed by atoms with E-state index in [9.17, 15) is 4.79 Å². The monoisotopic (exact) mass is 289 g/mol. The zero-order chi connectivity index (χ0) is 14.8. The molecular formula is C14H19N5O2. The average molecular weight is 289 g/mol. The van der Waals surface area contributed by atoms with Crippen molar-refractivity contribution in [3.8, 4) is 0 Å². The number of fused-ring (bicyclic) bond motifs is 1. The van der Waals surface area contributed by atoms with E-state index in [-0.39, 0.29) is 11.7 Å². The highest BCUT2D eigenvalue weighted by Gasteiger charge is 2.33. The molecule has 0 aromatic carbocycles. The molecule has 1 amide bonds. The second-order valence-corrected chi connectivity index (χ2v) is 5.50. The molecule has 3 rings (SSSR count). The van der Waals surface area contributed by atoms with Gasteiger partial charge in [-0.25, -0.2) is 0 Å². The molecule has 7 heteroatoms. The molecular weight excluding hydrogens is 270 g/mol. The van der Waals surface area contributed by atoms with E-state index in [4.69, 9.17) is 10.9 Å². The Labute approximate surface area is 123 Å². The van der Waals surface area contributed by atoms with E-state index in [1.165, 1.54) is 19.0 Å². The smallest absolute Gasteiger partial charge is 0.272 e. The Morgan fingerprint density at radius 2 is 2.24 bits per heavy atom.